The summed E-state index contributed by atoms with van der Waals surface area (Å²) in [6.45, 7) is 3.78. The molecule has 1 unspecified atom stereocenters. The first kappa shape index (κ1) is 16.6. The largest absolute Gasteiger partial charge is 0.334 e. The van der Waals surface area contributed by atoms with Crippen LogP contribution in [0.1, 0.15) is 51.5 Å². The van der Waals surface area contributed by atoms with E-state index in [0.29, 0.717) is 12.1 Å². The number of para-hydroxylation sites is 1. The van der Waals surface area contributed by atoms with Gasteiger partial charge in [0.05, 0.1) is 11.1 Å². The minimum Gasteiger partial charge on any atom is -0.334 e. The summed E-state index contributed by atoms with van der Waals surface area (Å²) in [5, 5.41) is 3.16. The first-order valence-corrected chi connectivity index (χ1v) is 9.36. The van der Waals surface area contributed by atoms with Gasteiger partial charge in [-0.15, -0.1) is 0 Å². The summed E-state index contributed by atoms with van der Waals surface area (Å²) in [5.41, 5.74) is 0.996. The van der Waals surface area contributed by atoms with Gasteiger partial charge in [-0.3, -0.25) is 4.79 Å². The maximum Gasteiger partial charge on any atom is 0.329 e. The van der Waals surface area contributed by atoms with Gasteiger partial charge < -0.3 is 10.2 Å². The van der Waals surface area contributed by atoms with Crippen molar-refractivity contribution < 1.29 is 9.59 Å². The average Bonchev–Trinajstić information content (AvgIpc) is 2.76. The van der Waals surface area contributed by atoms with E-state index in [1.54, 1.807) is 0 Å². The molecular formula is C20H27N3O2. The lowest BCUT2D eigenvalue weighted by Crippen LogP contribution is -2.57. The third-order valence-corrected chi connectivity index (χ3v) is 6.43. The Morgan fingerprint density at radius 1 is 1.16 bits per heavy atom. The number of nitrogens with one attached hydrogen (secondary N) is 1. The lowest BCUT2D eigenvalue weighted by atomic mass is 9.82. The smallest absolute Gasteiger partial charge is 0.329 e. The van der Waals surface area contributed by atoms with Crippen molar-refractivity contribution in [1.82, 2.24) is 10.2 Å². The van der Waals surface area contributed by atoms with Crippen LogP contribution in [0.4, 0.5) is 10.5 Å². The van der Waals surface area contributed by atoms with Crippen molar-refractivity contribution in [2.24, 2.45) is 0 Å². The van der Waals surface area contributed by atoms with Crippen molar-refractivity contribution in [3.05, 3.63) is 29.8 Å². The van der Waals surface area contributed by atoms with Gasteiger partial charge in [0.2, 0.25) is 5.91 Å². The highest BCUT2D eigenvalue weighted by molar-refractivity contribution is 6.22. The Morgan fingerprint density at radius 2 is 1.80 bits per heavy atom. The second kappa shape index (κ2) is 5.84. The molecule has 1 aromatic carbocycles. The van der Waals surface area contributed by atoms with Crippen LogP contribution in [0.25, 0.3) is 0 Å². The van der Waals surface area contributed by atoms with Crippen LogP contribution in [0.5, 0.6) is 0 Å². The van der Waals surface area contributed by atoms with Crippen LogP contribution in [0.15, 0.2) is 24.3 Å². The molecule has 2 saturated heterocycles. The number of imide groups is 1. The number of amides is 3. The quantitative estimate of drug-likeness (QED) is 0.854. The van der Waals surface area contributed by atoms with Crippen LogP contribution in [-0.4, -0.2) is 42.0 Å². The van der Waals surface area contributed by atoms with E-state index >= 15 is 0 Å². The Bertz CT molecular complexity index is 701. The molecule has 5 nitrogen and oxygen atoms in total. The number of carbonyl (C=O) groups is 2. The molecule has 4 rings (SSSR count). The van der Waals surface area contributed by atoms with Gasteiger partial charge in [0.25, 0.3) is 0 Å². The van der Waals surface area contributed by atoms with Gasteiger partial charge in [-0.05, 0) is 58.2 Å². The number of hydrogen-bond donors (Lipinski definition) is 1. The fraction of sp³-hybridized carbons (Fsp3) is 0.600. The number of fused-ring (bicyclic) bond motifs is 3. The molecule has 3 aliphatic rings. The van der Waals surface area contributed by atoms with Crippen LogP contribution in [0.2, 0.25) is 0 Å². The maximum atomic E-state index is 13.0. The van der Waals surface area contributed by atoms with Crippen LogP contribution in [0.3, 0.4) is 0 Å². The minimum absolute atomic E-state index is 0.140. The molecule has 0 aromatic heterocycles. The van der Waals surface area contributed by atoms with Crippen molar-refractivity contribution in [2.45, 2.75) is 69.5 Å². The molecule has 3 amide bonds. The van der Waals surface area contributed by atoms with Gasteiger partial charge in [0.15, 0.2) is 0 Å². The van der Waals surface area contributed by atoms with Crippen molar-refractivity contribution >= 4 is 17.6 Å². The zero-order chi connectivity index (χ0) is 17.8. The highest BCUT2D eigenvalue weighted by Crippen LogP contribution is 2.41. The summed E-state index contributed by atoms with van der Waals surface area (Å²) in [5.74, 6) is -0.140. The Morgan fingerprint density at radius 3 is 2.48 bits per heavy atom. The van der Waals surface area contributed by atoms with Crippen molar-refractivity contribution in [1.29, 1.82) is 0 Å². The zero-order valence-electron chi connectivity index (χ0n) is 15.3. The normalized spacial score (nSPS) is 30.9. The van der Waals surface area contributed by atoms with Gasteiger partial charge >= 0.3 is 6.03 Å². The van der Waals surface area contributed by atoms with Crippen molar-refractivity contribution in [3.63, 3.8) is 0 Å². The molecule has 5 heteroatoms. The third kappa shape index (κ3) is 2.56. The predicted molar refractivity (Wildman–Crippen MR) is 97.7 cm³/mol. The van der Waals surface area contributed by atoms with Crippen molar-refractivity contribution in [3.8, 4) is 0 Å². The number of anilines is 1. The monoisotopic (exact) mass is 341 g/mol. The van der Waals surface area contributed by atoms with E-state index in [9.17, 15) is 9.59 Å². The molecule has 3 atom stereocenters. The number of nitrogens with zero attached hydrogens (tertiary/aromatic N) is 2. The molecule has 2 bridgehead atoms. The first-order chi connectivity index (χ1) is 11.9. The second-order valence-corrected chi connectivity index (χ2v) is 8.30. The van der Waals surface area contributed by atoms with Gasteiger partial charge in [-0.25, -0.2) is 9.69 Å². The number of carbonyl (C=O) groups excluding carboxylic acids is 2. The molecule has 0 spiro atoms. The summed E-state index contributed by atoms with van der Waals surface area (Å²) in [6, 6.07) is 8.61. The molecule has 0 saturated carbocycles. The Labute approximate surface area is 149 Å². The van der Waals surface area contributed by atoms with Crippen LogP contribution in [-0.2, 0) is 10.2 Å². The number of rotatable bonds is 1. The molecule has 1 aromatic rings. The summed E-state index contributed by atoms with van der Waals surface area (Å²) in [6.07, 6.45) is 5.65. The summed E-state index contributed by atoms with van der Waals surface area (Å²) in [7, 11) is 2.20. The molecule has 25 heavy (non-hydrogen) atoms. The summed E-state index contributed by atoms with van der Waals surface area (Å²) < 4.78 is 0. The third-order valence-electron chi connectivity index (χ3n) is 6.43. The van der Waals surface area contributed by atoms with E-state index in [1.165, 1.54) is 24.2 Å². The Kier molecular flexibility index (Phi) is 3.87. The molecule has 3 heterocycles. The average molecular weight is 341 g/mol. The predicted octanol–water partition coefficient (Wildman–Crippen LogP) is 3.04. The lowest BCUT2D eigenvalue weighted by Gasteiger charge is -2.47. The number of hydrogen-bond acceptors (Lipinski definition) is 3. The Balaban J connectivity index is 1.53. The molecule has 134 valence electrons. The number of benzene rings is 1. The molecule has 2 fully saturated rings. The molecular weight excluding hydrogens is 314 g/mol. The lowest BCUT2D eigenvalue weighted by molar-refractivity contribution is -0.121. The van der Waals surface area contributed by atoms with E-state index in [0.717, 1.165) is 24.1 Å². The molecule has 0 aliphatic carbocycles. The number of urea groups is 1. The van der Waals surface area contributed by atoms with E-state index in [4.69, 9.17) is 0 Å². The standard InChI is InChI=1S/C20H27N3O2/c1-20(2)16-9-4-5-10-17(16)23(18(20)24)19(25)21-13-11-14-7-6-8-15(12-13)22(14)3/h4-5,9-10,13-15H,6-8,11-12H2,1-3H3,(H,21,25)/t13?,14-,15+. The SMILES string of the molecule is CN1[C@@H]2CCC[C@H]1CC(NC(=O)N1C(=O)C(C)(C)c3ccccc31)C2. The van der Waals surface area contributed by atoms with Gasteiger partial charge in [0.1, 0.15) is 0 Å². The topological polar surface area (TPSA) is 52.7 Å². The minimum atomic E-state index is -0.656. The highest BCUT2D eigenvalue weighted by atomic mass is 16.2. The van der Waals surface area contributed by atoms with Gasteiger partial charge in [-0.2, -0.15) is 0 Å². The van der Waals surface area contributed by atoms with Crippen LogP contribution < -0.4 is 10.2 Å². The fourth-order valence-electron chi connectivity index (χ4n) is 4.88. The molecule has 3 aliphatic heterocycles. The summed E-state index contributed by atoms with van der Waals surface area (Å²) >= 11 is 0. The van der Waals surface area contributed by atoms with E-state index < -0.39 is 5.41 Å². The maximum absolute atomic E-state index is 13.0. The Hall–Kier alpha value is -1.88. The van der Waals surface area contributed by atoms with Crippen molar-refractivity contribution in [2.75, 3.05) is 11.9 Å². The molecule has 0 radical (unpaired) electrons. The highest BCUT2D eigenvalue weighted by Gasteiger charge is 2.47. The van der Waals surface area contributed by atoms with Crippen LogP contribution in [0, 0.1) is 0 Å². The molecule has 1 N–H and O–H groups in total. The van der Waals surface area contributed by atoms with Gasteiger partial charge in [0, 0.05) is 18.1 Å². The van der Waals surface area contributed by atoms with E-state index in [-0.39, 0.29) is 18.0 Å². The fourth-order valence-corrected chi connectivity index (χ4v) is 4.88. The van der Waals surface area contributed by atoms with Gasteiger partial charge in [-0.1, -0.05) is 24.6 Å². The number of piperidine rings is 2. The summed E-state index contributed by atoms with van der Waals surface area (Å²) in [4.78, 5) is 29.7. The van der Waals surface area contributed by atoms with E-state index in [1.807, 2.05) is 38.1 Å². The zero-order valence-corrected chi connectivity index (χ0v) is 15.3. The second-order valence-electron chi connectivity index (χ2n) is 8.30. The van der Waals surface area contributed by atoms with Crippen LogP contribution >= 0.6 is 0 Å². The first-order valence-electron chi connectivity index (χ1n) is 9.36. The van der Waals surface area contributed by atoms with E-state index in [2.05, 4.69) is 17.3 Å².